The van der Waals surface area contributed by atoms with Crippen molar-refractivity contribution in [3.63, 3.8) is 0 Å². The first-order valence-electron chi connectivity index (χ1n) is 5.13. The topological polar surface area (TPSA) is 63.4 Å². The molecule has 0 N–H and O–H groups in total. The number of hydrogen-bond acceptors (Lipinski definition) is 6. The Balaban J connectivity index is 4.25. The van der Waals surface area contributed by atoms with Gasteiger partial charge in [0.15, 0.2) is 0 Å². The van der Waals surface area contributed by atoms with Gasteiger partial charge < -0.3 is 9.45 Å². The second kappa shape index (κ2) is 8.36. The van der Waals surface area contributed by atoms with Crippen LogP contribution in [0.4, 0.5) is 0 Å². The lowest BCUT2D eigenvalue weighted by molar-refractivity contribution is -0.458. The van der Waals surface area contributed by atoms with Crippen molar-refractivity contribution in [2.75, 3.05) is 39.7 Å². The van der Waals surface area contributed by atoms with Crippen molar-refractivity contribution in [1.29, 1.82) is 0 Å². The molecule has 0 unspecified atom stereocenters. The Bertz CT molecular complexity index is 414. The zero-order valence-corrected chi connectivity index (χ0v) is 14.1. The lowest BCUT2D eigenvalue weighted by atomic mass is 10.6. The molecule has 0 atom stereocenters. The van der Waals surface area contributed by atoms with Crippen molar-refractivity contribution in [2.45, 2.75) is 6.42 Å². The number of nitrogens with zero attached hydrogens (tertiary/aromatic N) is 2. The van der Waals surface area contributed by atoms with Crippen LogP contribution in [0.1, 0.15) is 6.42 Å². The normalized spacial score (nSPS) is 11.2. The van der Waals surface area contributed by atoms with Gasteiger partial charge >= 0.3 is 0 Å². The van der Waals surface area contributed by atoms with E-state index in [1.54, 1.807) is 0 Å². The van der Waals surface area contributed by atoms with E-state index >= 15 is 0 Å². The third-order valence-corrected chi connectivity index (χ3v) is 5.86. The number of rotatable bonds is 4. The minimum absolute atomic E-state index is 0.316. The van der Waals surface area contributed by atoms with Gasteiger partial charge in [0, 0.05) is 37.4 Å². The molecular formula is C9H18N2O3S4. The maximum atomic E-state index is 10.5. The molecule has 5 nitrogen and oxygen atoms in total. The van der Waals surface area contributed by atoms with Gasteiger partial charge in [-0.15, -0.1) is 0 Å². The number of hydrogen-bond donors (Lipinski definition) is 0. The maximum absolute atomic E-state index is 10.5. The van der Waals surface area contributed by atoms with Crippen LogP contribution in [0.5, 0.6) is 0 Å². The quantitative estimate of drug-likeness (QED) is 0.189. The van der Waals surface area contributed by atoms with Crippen molar-refractivity contribution in [2.24, 2.45) is 0 Å². The van der Waals surface area contributed by atoms with E-state index in [2.05, 4.69) is 0 Å². The van der Waals surface area contributed by atoms with Gasteiger partial charge in [-0.3, -0.25) is 0 Å². The van der Waals surface area contributed by atoms with E-state index in [0.29, 0.717) is 12.2 Å². The second-order valence-electron chi connectivity index (χ2n) is 3.89. The summed E-state index contributed by atoms with van der Waals surface area (Å²) in [6.07, 6.45) is 0.350. The number of thioether (sulfide) groups is 2. The highest BCUT2D eigenvalue weighted by atomic mass is 32.2. The van der Waals surface area contributed by atoms with E-state index in [0.717, 1.165) is 8.70 Å². The van der Waals surface area contributed by atoms with E-state index in [-0.39, 0.29) is 5.75 Å². The van der Waals surface area contributed by atoms with Crippen LogP contribution >= 0.6 is 35.7 Å². The fourth-order valence-electron chi connectivity index (χ4n) is 0.811. The van der Waals surface area contributed by atoms with Crippen LogP contribution in [0, 0.1) is 0 Å². The Labute approximate surface area is 123 Å². The molecule has 0 aromatic rings. The summed E-state index contributed by atoms with van der Waals surface area (Å²) in [6, 6.07) is 0. The lowest BCUT2D eigenvalue weighted by Gasteiger charge is -2.12. The summed E-state index contributed by atoms with van der Waals surface area (Å²) >= 11 is 8.15. The molecule has 0 amide bonds. The summed E-state index contributed by atoms with van der Waals surface area (Å²) < 4.78 is 35.0. The monoisotopic (exact) mass is 330 g/mol. The highest BCUT2D eigenvalue weighted by Crippen LogP contribution is 2.20. The van der Waals surface area contributed by atoms with E-state index in [1.807, 2.05) is 37.7 Å². The third-order valence-electron chi connectivity index (χ3n) is 1.67. The minimum Gasteiger partial charge on any atom is -0.748 e. The third kappa shape index (κ3) is 9.15. The fourth-order valence-corrected chi connectivity index (χ4v) is 3.85. The van der Waals surface area contributed by atoms with Gasteiger partial charge in [-0.25, -0.2) is 13.0 Å². The highest BCUT2D eigenvalue weighted by Gasteiger charge is 2.14. The van der Waals surface area contributed by atoms with Gasteiger partial charge in [0.1, 0.15) is 18.4 Å². The molecule has 0 aliphatic rings. The first-order chi connectivity index (χ1) is 8.13. The first-order valence-corrected chi connectivity index (χ1v) is 8.92. The maximum Gasteiger partial charge on any atom is 0.276 e. The van der Waals surface area contributed by atoms with Crippen LogP contribution in [-0.2, 0) is 10.1 Å². The summed E-state index contributed by atoms with van der Waals surface area (Å²) in [4.78, 5) is 1.84. The van der Waals surface area contributed by atoms with Crippen LogP contribution in [0.3, 0.4) is 0 Å². The van der Waals surface area contributed by atoms with Gasteiger partial charge in [0.25, 0.3) is 4.38 Å². The average Bonchev–Trinajstić information content (AvgIpc) is 2.20. The van der Waals surface area contributed by atoms with Gasteiger partial charge in [-0.2, -0.15) is 0 Å². The Morgan fingerprint density at radius 1 is 1.39 bits per heavy atom. The van der Waals surface area contributed by atoms with Gasteiger partial charge in [-0.05, 0) is 18.2 Å². The van der Waals surface area contributed by atoms with Crippen LogP contribution in [-0.4, -0.2) is 70.8 Å². The molecule has 0 radical (unpaired) electrons. The van der Waals surface area contributed by atoms with Crippen molar-refractivity contribution in [3.05, 3.63) is 0 Å². The largest absolute Gasteiger partial charge is 0.748 e. The molecule has 0 aliphatic carbocycles. The van der Waals surface area contributed by atoms with Crippen LogP contribution in [0.25, 0.3) is 0 Å². The van der Waals surface area contributed by atoms with E-state index in [9.17, 15) is 13.0 Å². The molecule has 0 saturated carbocycles. The molecule has 0 heterocycles. The molecule has 0 saturated heterocycles. The van der Waals surface area contributed by atoms with E-state index < -0.39 is 10.1 Å². The minimum atomic E-state index is -4.11. The molecule has 0 aliphatic heterocycles. The van der Waals surface area contributed by atoms with Crippen molar-refractivity contribution in [1.82, 2.24) is 4.90 Å². The predicted octanol–water partition coefficient (Wildman–Crippen LogP) is 0.863. The molecule has 0 bridgehead atoms. The summed E-state index contributed by atoms with van der Waals surface area (Å²) in [7, 11) is 3.44. The Morgan fingerprint density at radius 2 is 1.94 bits per heavy atom. The Morgan fingerprint density at radius 3 is 2.33 bits per heavy atom. The first kappa shape index (κ1) is 18.2. The molecule has 0 spiro atoms. The smallest absolute Gasteiger partial charge is 0.276 e. The molecule has 0 rings (SSSR count). The SMILES string of the molecule is CN(C)C(=S)SC(SCCCS(=O)(=O)[O-])=[N+](C)C. The summed E-state index contributed by atoms with van der Waals surface area (Å²) in [5.41, 5.74) is 0. The Hall–Kier alpha value is 0.170. The van der Waals surface area contributed by atoms with Crippen LogP contribution < -0.4 is 0 Å². The molecule has 0 aromatic carbocycles. The van der Waals surface area contributed by atoms with E-state index in [1.165, 1.54) is 23.5 Å². The molecule has 0 aromatic heterocycles. The average molecular weight is 331 g/mol. The van der Waals surface area contributed by atoms with Crippen LogP contribution in [0.15, 0.2) is 0 Å². The van der Waals surface area contributed by atoms with Gasteiger partial charge in [-0.1, -0.05) is 12.2 Å². The number of thiocarbonyl (C=S) groups is 1. The lowest BCUT2D eigenvalue weighted by Crippen LogP contribution is -2.20. The predicted molar refractivity (Wildman–Crippen MR) is 82.6 cm³/mol. The molecule has 9 heteroatoms. The Kier molecular flexibility index (Phi) is 8.44. The van der Waals surface area contributed by atoms with E-state index in [4.69, 9.17) is 12.2 Å². The molecule has 18 heavy (non-hydrogen) atoms. The summed E-state index contributed by atoms with van der Waals surface area (Å²) in [5.74, 6) is 0.265. The molecular weight excluding hydrogens is 312 g/mol. The van der Waals surface area contributed by atoms with Crippen molar-refractivity contribution >= 4 is 54.6 Å². The van der Waals surface area contributed by atoms with Crippen molar-refractivity contribution < 1.29 is 17.5 Å². The highest BCUT2D eigenvalue weighted by molar-refractivity contribution is 8.47. The van der Waals surface area contributed by atoms with Gasteiger partial charge in [0.2, 0.25) is 0 Å². The van der Waals surface area contributed by atoms with Crippen LogP contribution in [0.2, 0.25) is 0 Å². The standard InChI is InChI=1S/C9H18N2O3S4/c1-10(2)8(15)17-9(11(3)4)16-6-5-7-18(12,13)14/h5-7H2,1-4H3. The zero-order chi connectivity index (χ0) is 14.3. The van der Waals surface area contributed by atoms with Crippen molar-refractivity contribution in [3.8, 4) is 0 Å². The van der Waals surface area contributed by atoms with Gasteiger partial charge in [0.05, 0.1) is 10.1 Å². The fraction of sp³-hybridized carbons (Fsp3) is 0.778. The second-order valence-corrected chi connectivity index (χ2v) is 8.37. The zero-order valence-electron chi connectivity index (χ0n) is 10.9. The molecule has 106 valence electrons. The summed E-state index contributed by atoms with van der Waals surface area (Å²) in [6.45, 7) is 0. The molecule has 0 fully saturated rings. The summed E-state index contributed by atoms with van der Waals surface area (Å²) in [5, 5.41) is 0.